The van der Waals surface area contributed by atoms with Gasteiger partial charge in [-0.3, -0.25) is 14.9 Å². The highest BCUT2D eigenvalue weighted by molar-refractivity contribution is 5.95. The molecule has 1 aliphatic heterocycles. The molecule has 1 aromatic rings. The molecule has 0 aromatic heterocycles. The van der Waals surface area contributed by atoms with Crippen LogP contribution in [0.2, 0.25) is 0 Å². The SMILES string of the molecule is CCc1ccc(C(=O)NC2CCNCC2C)cc1[N+](=O)[O-].Cl. The van der Waals surface area contributed by atoms with Crippen LogP contribution in [0.4, 0.5) is 5.69 Å². The maximum absolute atomic E-state index is 12.3. The van der Waals surface area contributed by atoms with Crippen LogP contribution in [0.3, 0.4) is 0 Å². The molecule has 2 atom stereocenters. The van der Waals surface area contributed by atoms with Crippen molar-refractivity contribution in [1.82, 2.24) is 10.6 Å². The second-order valence-corrected chi connectivity index (χ2v) is 5.50. The number of nitro benzene ring substituents is 1. The zero-order chi connectivity index (χ0) is 15.4. The van der Waals surface area contributed by atoms with Crippen molar-refractivity contribution in [3.8, 4) is 0 Å². The number of hydrogen-bond acceptors (Lipinski definition) is 4. The lowest BCUT2D eigenvalue weighted by molar-refractivity contribution is -0.385. The van der Waals surface area contributed by atoms with Gasteiger partial charge in [0.25, 0.3) is 11.6 Å². The Bertz CT molecular complexity index is 551. The average Bonchev–Trinajstić information content (AvgIpc) is 2.48. The first-order valence-corrected chi connectivity index (χ1v) is 7.31. The molecule has 6 nitrogen and oxygen atoms in total. The Hall–Kier alpha value is -1.66. The third-order valence-electron chi connectivity index (χ3n) is 4.03. The highest BCUT2D eigenvalue weighted by Crippen LogP contribution is 2.21. The maximum atomic E-state index is 12.3. The molecule has 1 amide bonds. The molecule has 0 bridgehead atoms. The second kappa shape index (κ2) is 8.10. The van der Waals surface area contributed by atoms with Crippen LogP contribution in [-0.4, -0.2) is 30.0 Å². The van der Waals surface area contributed by atoms with Gasteiger partial charge in [-0.15, -0.1) is 12.4 Å². The molecule has 22 heavy (non-hydrogen) atoms. The number of amides is 1. The van der Waals surface area contributed by atoms with Gasteiger partial charge in [0, 0.05) is 23.2 Å². The van der Waals surface area contributed by atoms with E-state index in [2.05, 4.69) is 17.6 Å². The average molecular weight is 328 g/mol. The van der Waals surface area contributed by atoms with E-state index in [1.54, 1.807) is 12.1 Å². The fourth-order valence-corrected chi connectivity index (χ4v) is 2.65. The van der Waals surface area contributed by atoms with Crippen molar-refractivity contribution in [2.24, 2.45) is 5.92 Å². The number of nitrogens with zero attached hydrogens (tertiary/aromatic N) is 1. The third-order valence-corrected chi connectivity index (χ3v) is 4.03. The fourth-order valence-electron chi connectivity index (χ4n) is 2.65. The van der Waals surface area contributed by atoms with Gasteiger partial charge in [0.1, 0.15) is 0 Å². The molecule has 1 heterocycles. The van der Waals surface area contributed by atoms with Crippen LogP contribution in [0.1, 0.15) is 36.2 Å². The number of nitrogens with one attached hydrogen (secondary N) is 2. The number of piperidine rings is 1. The van der Waals surface area contributed by atoms with Crippen molar-refractivity contribution in [2.75, 3.05) is 13.1 Å². The lowest BCUT2D eigenvalue weighted by atomic mass is 9.95. The summed E-state index contributed by atoms with van der Waals surface area (Å²) in [6.07, 6.45) is 1.45. The van der Waals surface area contributed by atoms with E-state index < -0.39 is 4.92 Å². The monoisotopic (exact) mass is 327 g/mol. The Labute approximate surface area is 136 Å². The first-order chi connectivity index (χ1) is 10.0. The number of benzene rings is 1. The summed E-state index contributed by atoms with van der Waals surface area (Å²) in [5, 5.41) is 17.3. The number of aryl methyl sites for hydroxylation is 1. The molecule has 2 N–H and O–H groups in total. The van der Waals surface area contributed by atoms with E-state index in [0.717, 1.165) is 19.5 Å². The standard InChI is InChI=1S/C15H21N3O3.ClH/c1-3-11-4-5-12(8-14(11)18(20)21)15(19)17-13-6-7-16-9-10(13)2;/h4-5,8,10,13,16H,3,6-7,9H2,1-2H3,(H,17,19);1H. The largest absolute Gasteiger partial charge is 0.349 e. The van der Waals surface area contributed by atoms with Crippen LogP contribution in [-0.2, 0) is 6.42 Å². The van der Waals surface area contributed by atoms with Crippen molar-refractivity contribution in [1.29, 1.82) is 0 Å². The molecular weight excluding hydrogens is 306 g/mol. The summed E-state index contributed by atoms with van der Waals surface area (Å²) in [4.78, 5) is 22.9. The number of halogens is 1. The Balaban J connectivity index is 0.00000242. The minimum absolute atomic E-state index is 0. The van der Waals surface area contributed by atoms with E-state index >= 15 is 0 Å². The van der Waals surface area contributed by atoms with Crippen molar-refractivity contribution >= 4 is 24.0 Å². The molecule has 0 saturated carbocycles. The predicted octanol–water partition coefficient (Wildman–Crippen LogP) is 2.31. The quantitative estimate of drug-likeness (QED) is 0.656. The summed E-state index contributed by atoms with van der Waals surface area (Å²) in [5.41, 5.74) is 1.01. The lowest BCUT2D eigenvalue weighted by Gasteiger charge is -2.30. The van der Waals surface area contributed by atoms with Gasteiger partial charge in [0.15, 0.2) is 0 Å². The number of hydrogen-bond donors (Lipinski definition) is 2. The normalized spacial score (nSPS) is 20.8. The van der Waals surface area contributed by atoms with E-state index in [-0.39, 0.29) is 30.0 Å². The maximum Gasteiger partial charge on any atom is 0.273 e. The highest BCUT2D eigenvalue weighted by atomic mass is 35.5. The van der Waals surface area contributed by atoms with E-state index in [9.17, 15) is 14.9 Å². The summed E-state index contributed by atoms with van der Waals surface area (Å²) in [6.45, 7) is 5.70. The zero-order valence-electron chi connectivity index (χ0n) is 12.8. The molecule has 1 fully saturated rings. The summed E-state index contributed by atoms with van der Waals surface area (Å²) in [7, 11) is 0. The van der Waals surface area contributed by atoms with Crippen molar-refractivity contribution < 1.29 is 9.72 Å². The van der Waals surface area contributed by atoms with Crippen LogP contribution in [0.25, 0.3) is 0 Å². The van der Waals surface area contributed by atoms with Crippen LogP contribution < -0.4 is 10.6 Å². The van der Waals surface area contributed by atoms with Crippen LogP contribution in [0, 0.1) is 16.0 Å². The Kier molecular flexibility index (Phi) is 6.77. The van der Waals surface area contributed by atoms with E-state index in [0.29, 0.717) is 23.5 Å². The summed E-state index contributed by atoms with van der Waals surface area (Å²) in [6, 6.07) is 4.81. The van der Waals surface area contributed by atoms with Gasteiger partial charge in [-0.05, 0) is 37.9 Å². The van der Waals surface area contributed by atoms with Gasteiger partial charge in [0.05, 0.1) is 4.92 Å². The molecule has 122 valence electrons. The first kappa shape index (κ1) is 18.4. The Morgan fingerprint density at radius 2 is 2.23 bits per heavy atom. The number of carbonyl (C=O) groups excluding carboxylic acids is 1. The highest BCUT2D eigenvalue weighted by Gasteiger charge is 2.24. The first-order valence-electron chi connectivity index (χ1n) is 7.31. The predicted molar refractivity (Wildman–Crippen MR) is 87.6 cm³/mol. The second-order valence-electron chi connectivity index (χ2n) is 5.50. The van der Waals surface area contributed by atoms with Crippen molar-refractivity contribution in [2.45, 2.75) is 32.7 Å². The van der Waals surface area contributed by atoms with Gasteiger partial charge in [0.2, 0.25) is 0 Å². The number of carbonyl (C=O) groups is 1. The van der Waals surface area contributed by atoms with Gasteiger partial charge < -0.3 is 10.6 Å². The number of rotatable bonds is 4. The molecule has 7 heteroatoms. The molecule has 2 unspecified atom stereocenters. The van der Waals surface area contributed by atoms with Gasteiger partial charge in [-0.2, -0.15) is 0 Å². The smallest absolute Gasteiger partial charge is 0.273 e. The van der Waals surface area contributed by atoms with E-state index in [1.807, 2.05) is 6.92 Å². The van der Waals surface area contributed by atoms with Crippen LogP contribution in [0.5, 0.6) is 0 Å². The van der Waals surface area contributed by atoms with E-state index in [1.165, 1.54) is 6.07 Å². The molecule has 1 aromatic carbocycles. The van der Waals surface area contributed by atoms with Crippen LogP contribution >= 0.6 is 12.4 Å². The zero-order valence-corrected chi connectivity index (χ0v) is 13.6. The van der Waals surface area contributed by atoms with Gasteiger partial charge in [-0.1, -0.05) is 19.9 Å². The molecule has 0 spiro atoms. The molecule has 0 aliphatic carbocycles. The third kappa shape index (κ3) is 4.18. The molecule has 1 saturated heterocycles. The summed E-state index contributed by atoms with van der Waals surface area (Å²) in [5.74, 6) is 0.118. The molecule has 0 radical (unpaired) electrons. The fraction of sp³-hybridized carbons (Fsp3) is 0.533. The lowest BCUT2D eigenvalue weighted by Crippen LogP contribution is -2.48. The van der Waals surface area contributed by atoms with E-state index in [4.69, 9.17) is 0 Å². The summed E-state index contributed by atoms with van der Waals surface area (Å²) < 4.78 is 0. The van der Waals surface area contributed by atoms with Gasteiger partial charge in [-0.25, -0.2) is 0 Å². The van der Waals surface area contributed by atoms with Crippen molar-refractivity contribution in [3.05, 3.63) is 39.4 Å². The number of nitro groups is 1. The molecular formula is C15H22ClN3O3. The molecule has 1 aliphatic rings. The molecule has 2 rings (SSSR count). The Morgan fingerprint density at radius 3 is 2.82 bits per heavy atom. The van der Waals surface area contributed by atoms with Crippen molar-refractivity contribution in [3.63, 3.8) is 0 Å². The minimum atomic E-state index is -0.428. The summed E-state index contributed by atoms with van der Waals surface area (Å²) >= 11 is 0. The van der Waals surface area contributed by atoms with Crippen LogP contribution in [0.15, 0.2) is 18.2 Å². The topological polar surface area (TPSA) is 84.3 Å². The minimum Gasteiger partial charge on any atom is -0.349 e. The Morgan fingerprint density at radius 1 is 1.50 bits per heavy atom. The van der Waals surface area contributed by atoms with Gasteiger partial charge >= 0.3 is 0 Å².